The maximum atomic E-state index is 4.70. The van der Waals surface area contributed by atoms with Crippen LogP contribution >= 0.6 is 31.9 Å². The van der Waals surface area contributed by atoms with Crippen molar-refractivity contribution in [2.75, 3.05) is 11.9 Å². The predicted octanol–water partition coefficient (Wildman–Crippen LogP) is 5.28. The summed E-state index contributed by atoms with van der Waals surface area (Å²) in [5, 5.41) is 3.29. The molecule has 0 saturated carbocycles. The van der Waals surface area contributed by atoms with E-state index in [9.17, 15) is 0 Å². The molecule has 0 unspecified atom stereocenters. The van der Waals surface area contributed by atoms with Crippen LogP contribution in [-0.4, -0.2) is 16.5 Å². The molecule has 1 aromatic heterocycles. The van der Waals surface area contributed by atoms with Crippen molar-refractivity contribution in [3.05, 3.63) is 37.9 Å². The van der Waals surface area contributed by atoms with Crippen molar-refractivity contribution in [2.45, 2.75) is 34.1 Å². The van der Waals surface area contributed by atoms with Gasteiger partial charge in [0.05, 0.1) is 10.2 Å². The molecule has 0 radical (unpaired) electrons. The first kappa shape index (κ1) is 16.4. The van der Waals surface area contributed by atoms with Crippen LogP contribution in [0.25, 0.3) is 11.4 Å². The largest absolute Gasteiger partial charge is 0.369 e. The van der Waals surface area contributed by atoms with Crippen molar-refractivity contribution in [1.29, 1.82) is 0 Å². The fourth-order valence-electron chi connectivity index (χ4n) is 2.22. The summed E-state index contributed by atoms with van der Waals surface area (Å²) in [7, 11) is 0. The van der Waals surface area contributed by atoms with Crippen LogP contribution in [0.2, 0.25) is 0 Å². The van der Waals surface area contributed by atoms with E-state index in [1.54, 1.807) is 0 Å². The molecule has 0 amide bonds. The van der Waals surface area contributed by atoms with Crippen LogP contribution in [0.4, 0.5) is 5.82 Å². The zero-order chi connectivity index (χ0) is 15.6. The molecule has 0 spiro atoms. The molecule has 0 fully saturated rings. The van der Waals surface area contributed by atoms with Gasteiger partial charge in [0, 0.05) is 16.6 Å². The highest BCUT2D eigenvalue weighted by molar-refractivity contribution is 9.11. The Hall–Kier alpha value is -0.940. The molecule has 0 saturated heterocycles. The molecule has 2 aromatic rings. The van der Waals surface area contributed by atoms with E-state index in [0.29, 0.717) is 0 Å². The summed E-state index contributed by atoms with van der Waals surface area (Å²) in [5.41, 5.74) is 4.46. The van der Waals surface area contributed by atoms with Crippen molar-refractivity contribution >= 4 is 37.7 Å². The Kier molecular flexibility index (Phi) is 5.38. The smallest absolute Gasteiger partial charge is 0.161 e. The van der Waals surface area contributed by atoms with Gasteiger partial charge in [-0.2, -0.15) is 0 Å². The lowest BCUT2D eigenvalue weighted by Gasteiger charge is -2.13. The number of nitrogens with one attached hydrogen (secondary N) is 1. The lowest BCUT2D eigenvalue weighted by molar-refractivity contribution is 0.983. The summed E-state index contributed by atoms with van der Waals surface area (Å²) in [4.78, 5) is 9.37. The van der Waals surface area contributed by atoms with Gasteiger partial charge in [0.1, 0.15) is 5.82 Å². The highest BCUT2D eigenvalue weighted by atomic mass is 79.9. The van der Waals surface area contributed by atoms with Crippen molar-refractivity contribution in [3.63, 3.8) is 0 Å². The lowest BCUT2D eigenvalue weighted by Crippen LogP contribution is -2.06. The van der Waals surface area contributed by atoms with E-state index < -0.39 is 0 Å². The van der Waals surface area contributed by atoms with Crippen LogP contribution in [0, 0.1) is 13.8 Å². The molecule has 5 heteroatoms. The number of hydrogen-bond donors (Lipinski definition) is 1. The van der Waals surface area contributed by atoms with Crippen LogP contribution in [0.3, 0.4) is 0 Å². The van der Waals surface area contributed by atoms with Gasteiger partial charge in [-0.15, -0.1) is 0 Å². The van der Waals surface area contributed by atoms with E-state index in [1.807, 2.05) is 0 Å². The monoisotopic (exact) mass is 411 g/mol. The number of benzene rings is 1. The summed E-state index contributed by atoms with van der Waals surface area (Å²) < 4.78 is 2.10. The molecule has 1 heterocycles. The van der Waals surface area contributed by atoms with Crippen molar-refractivity contribution in [1.82, 2.24) is 9.97 Å². The molecule has 0 bridgehead atoms. The predicted molar refractivity (Wildman–Crippen MR) is 95.9 cm³/mol. The Balaban J connectivity index is 2.60. The normalized spacial score (nSPS) is 10.8. The Bertz CT molecular complexity index is 646. The van der Waals surface area contributed by atoms with Gasteiger partial charge in [0.25, 0.3) is 0 Å². The van der Waals surface area contributed by atoms with E-state index in [2.05, 4.69) is 82.0 Å². The first-order valence-electron chi connectivity index (χ1n) is 7.05. The van der Waals surface area contributed by atoms with Crippen molar-refractivity contribution in [3.8, 4) is 11.4 Å². The second-order valence-electron chi connectivity index (χ2n) is 4.96. The summed E-state index contributed by atoms with van der Waals surface area (Å²) >= 11 is 7.20. The Morgan fingerprint density at radius 2 is 1.62 bits per heavy atom. The van der Waals surface area contributed by atoms with Crippen LogP contribution < -0.4 is 5.32 Å². The maximum Gasteiger partial charge on any atom is 0.161 e. The second kappa shape index (κ2) is 6.88. The number of hydrogen-bond acceptors (Lipinski definition) is 3. The van der Waals surface area contributed by atoms with E-state index in [4.69, 9.17) is 4.98 Å². The lowest BCUT2D eigenvalue weighted by atomic mass is 10.1. The third-order valence-electron chi connectivity index (χ3n) is 3.29. The number of nitrogens with zero attached hydrogens (tertiary/aromatic N) is 2. The van der Waals surface area contributed by atoms with E-state index in [-0.39, 0.29) is 0 Å². The quantitative estimate of drug-likeness (QED) is 0.742. The molecule has 2 rings (SSSR count). The third-order valence-corrected chi connectivity index (χ3v) is 5.38. The van der Waals surface area contributed by atoms with E-state index in [0.717, 1.165) is 44.8 Å². The minimum absolute atomic E-state index is 0.768. The highest BCUT2D eigenvalue weighted by Gasteiger charge is 2.13. The zero-order valence-corrected chi connectivity index (χ0v) is 15.9. The van der Waals surface area contributed by atoms with Gasteiger partial charge in [-0.1, -0.05) is 22.9 Å². The fourth-order valence-corrected chi connectivity index (χ4v) is 3.04. The van der Waals surface area contributed by atoms with Crippen LogP contribution in [0.1, 0.15) is 30.7 Å². The van der Waals surface area contributed by atoms with Gasteiger partial charge >= 0.3 is 0 Å². The van der Waals surface area contributed by atoms with Crippen LogP contribution in [0.15, 0.2) is 21.1 Å². The zero-order valence-electron chi connectivity index (χ0n) is 12.7. The van der Waals surface area contributed by atoms with Gasteiger partial charge in [-0.05, 0) is 66.4 Å². The van der Waals surface area contributed by atoms with Gasteiger partial charge < -0.3 is 5.32 Å². The molecular weight excluding hydrogens is 394 g/mol. The molecule has 1 aromatic carbocycles. The summed E-state index contributed by atoms with van der Waals surface area (Å²) in [6.45, 7) is 9.17. The van der Waals surface area contributed by atoms with E-state index >= 15 is 0 Å². The summed E-state index contributed by atoms with van der Waals surface area (Å²) in [5.74, 6) is 1.63. The van der Waals surface area contributed by atoms with Gasteiger partial charge in [0.15, 0.2) is 5.82 Å². The standard InChI is InChI=1S/C16H19Br2N3/c1-5-12-14(18)16(19-6-2)21-15(20-12)11-7-9(3)13(17)10(4)8-11/h7-8H,5-6H2,1-4H3,(H,19,20,21). The molecule has 112 valence electrons. The topological polar surface area (TPSA) is 37.8 Å². The fraction of sp³-hybridized carbons (Fsp3) is 0.375. The first-order chi connectivity index (χ1) is 9.97. The minimum atomic E-state index is 0.768. The summed E-state index contributed by atoms with van der Waals surface area (Å²) in [6, 6.07) is 4.24. The first-order valence-corrected chi connectivity index (χ1v) is 8.63. The Morgan fingerprint density at radius 1 is 1.00 bits per heavy atom. The number of aryl methyl sites for hydroxylation is 3. The average molecular weight is 413 g/mol. The highest BCUT2D eigenvalue weighted by Crippen LogP contribution is 2.30. The Labute approximate surface area is 142 Å². The second-order valence-corrected chi connectivity index (χ2v) is 6.55. The average Bonchev–Trinajstić information content (AvgIpc) is 2.46. The van der Waals surface area contributed by atoms with E-state index in [1.165, 1.54) is 11.1 Å². The third kappa shape index (κ3) is 3.46. The SMILES string of the molecule is CCNc1nc(-c2cc(C)c(Br)c(C)c2)nc(CC)c1Br. The molecule has 3 nitrogen and oxygen atoms in total. The molecular formula is C16H19Br2N3. The minimum Gasteiger partial charge on any atom is -0.369 e. The number of anilines is 1. The van der Waals surface area contributed by atoms with Crippen molar-refractivity contribution < 1.29 is 0 Å². The van der Waals surface area contributed by atoms with Gasteiger partial charge in [-0.25, -0.2) is 9.97 Å². The molecule has 0 atom stereocenters. The molecule has 1 N–H and O–H groups in total. The molecule has 0 aliphatic carbocycles. The summed E-state index contributed by atoms with van der Waals surface area (Å²) in [6.07, 6.45) is 0.864. The number of rotatable bonds is 4. The van der Waals surface area contributed by atoms with Crippen LogP contribution in [-0.2, 0) is 6.42 Å². The molecule has 0 aliphatic heterocycles. The maximum absolute atomic E-state index is 4.70. The Morgan fingerprint density at radius 3 is 2.14 bits per heavy atom. The molecule has 21 heavy (non-hydrogen) atoms. The van der Waals surface area contributed by atoms with Crippen LogP contribution in [0.5, 0.6) is 0 Å². The number of halogens is 2. The van der Waals surface area contributed by atoms with Gasteiger partial charge in [0.2, 0.25) is 0 Å². The number of aromatic nitrogens is 2. The van der Waals surface area contributed by atoms with Crippen molar-refractivity contribution in [2.24, 2.45) is 0 Å². The van der Waals surface area contributed by atoms with Gasteiger partial charge in [-0.3, -0.25) is 0 Å². The molecule has 0 aliphatic rings.